The summed E-state index contributed by atoms with van der Waals surface area (Å²) in [6.07, 6.45) is 0. The fraction of sp³-hybridized carbons (Fsp3) is 0.217. The van der Waals surface area contributed by atoms with Crippen molar-refractivity contribution >= 4 is 0 Å². The van der Waals surface area contributed by atoms with Crippen molar-refractivity contribution in [3.8, 4) is 22.3 Å². The Morgan fingerprint density at radius 1 is 0.609 bits per heavy atom. The van der Waals surface area contributed by atoms with Gasteiger partial charge in [-0.15, -0.1) is 0 Å². The second-order valence-electron chi connectivity index (χ2n) is 7.22. The first-order valence-corrected chi connectivity index (χ1v) is 8.22. The van der Waals surface area contributed by atoms with E-state index in [1.165, 1.54) is 33.4 Å². The third kappa shape index (κ3) is 3.37. The lowest BCUT2D eigenvalue weighted by Gasteiger charge is -2.19. The molecule has 0 bridgehead atoms. The van der Waals surface area contributed by atoms with Crippen LogP contribution in [0, 0.1) is 6.92 Å². The average molecular weight is 300 g/mol. The van der Waals surface area contributed by atoms with Gasteiger partial charge in [-0.2, -0.15) is 0 Å². The van der Waals surface area contributed by atoms with Gasteiger partial charge in [0.25, 0.3) is 0 Å². The molecule has 0 fully saturated rings. The summed E-state index contributed by atoms with van der Waals surface area (Å²) in [6.45, 7) is 8.95. The van der Waals surface area contributed by atoms with Crippen LogP contribution in [-0.4, -0.2) is 0 Å². The summed E-state index contributed by atoms with van der Waals surface area (Å²) in [5.74, 6) is 0. The lowest BCUT2D eigenvalue weighted by molar-refractivity contribution is 0.590. The number of rotatable bonds is 2. The van der Waals surface area contributed by atoms with Crippen molar-refractivity contribution in [2.75, 3.05) is 0 Å². The van der Waals surface area contributed by atoms with Crippen LogP contribution in [0.15, 0.2) is 72.8 Å². The second-order valence-corrected chi connectivity index (χ2v) is 7.22. The van der Waals surface area contributed by atoms with E-state index in [1.54, 1.807) is 0 Å². The molecular weight excluding hydrogens is 276 g/mol. The van der Waals surface area contributed by atoms with E-state index in [4.69, 9.17) is 0 Å². The van der Waals surface area contributed by atoms with Gasteiger partial charge in [0, 0.05) is 0 Å². The number of benzene rings is 3. The first kappa shape index (κ1) is 15.6. The van der Waals surface area contributed by atoms with Crippen LogP contribution in [-0.2, 0) is 5.41 Å². The standard InChI is InChI=1S/C23H24/c1-17-16-20(18-8-6-5-7-9-18)12-15-22(17)19-10-13-21(14-11-19)23(2,3)4/h5-16H,1-4H3. The van der Waals surface area contributed by atoms with Gasteiger partial charge in [0.05, 0.1) is 0 Å². The fourth-order valence-corrected chi connectivity index (χ4v) is 2.95. The molecule has 0 heterocycles. The Morgan fingerprint density at radius 3 is 1.78 bits per heavy atom. The zero-order chi connectivity index (χ0) is 16.4. The lowest BCUT2D eigenvalue weighted by Crippen LogP contribution is -2.10. The molecule has 0 atom stereocenters. The SMILES string of the molecule is Cc1cc(-c2ccccc2)ccc1-c1ccc(C(C)(C)C)cc1. The Morgan fingerprint density at radius 2 is 1.22 bits per heavy atom. The average Bonchev–Trinajstić information content (AvgIpc) is 2.55. The van der Waals surface area contributed by atoms with Gasteiger partial charge in [-0.3, -0.25) is 0 Å². The van der Waals surface area contributed by atoms with Crippen LogP contribution in [0.1, 0.15) is 31.9 Å². The van der Waals surface area contributed by atoms with Crippen molar-refractivity contribution in [1.29, 1.82) is 0 Å². The smallest absolute Gasteiger partial charge is 0.0132 e. The van der Waals surface area contributed by atoms with Crippen molar-refractivity contribution in [1.82, 2.24) is 0 Å². The van der Waals surface area contributed by atoms with E-state index in [0.29, 0.717) is 0 Å². The van der Waals surface area contributed by atoms with Gasteiger partial charge in [0.2, 0.25) is 0 Å². The first-order chi connectivity index (χ1) is 10.9. The molecular formula is C23H24. The molecule has 0 saturated carbocycles. The van der Waals surface area contributed by atoms with Gasteiger partial charge in [-0.1, -0.05) is 93.6 Å². The first-order valence-electron chi connectivity index (χ1n) is 8.22. The van der Waals surface area contributed by atoms with E-state index in [2.05, 4.69) is 100 Å². The topological polar surface area (TPSA) is 0 Å². The van der Waals surface area contributed by atoms with Crippen LogP contribution in [0.3, 0.4) is 0 Å². The van der Waals surface area contributed by atoms with Crippen LogP contribution in [0.2, 0.25) is 0 Å². The van der Waals surface area contributed by atoms with Gasteiger partial charge < -0.3 is 0 Å². The highest BCUT2D eigenvalue weighted by atomic mass is 14.2. The predicted octanol–water partition coefficient (Wildman–Crippen LogP) is 6.63. The Balaban J connectivity index is 1.95. The summed E-state index contributed by atoms with van der Waals surface area (Å²) >= 11 is 0. The summed E-state index contributed by atoms with van der Waals surface area (Å²) in [6, 6.07) is 26.3. The zero-order valence-electron chi connectivity index (χ0n) is 14.4. The largest absolute Gasteiger partial charge is 0.0622 e. The molecule has 0 aliphatic carbocycles. The molecule has 0 radical (unpaired) electrons. The Labute approximate surface area is 139 Å². The van der Waals surface area contributed by atoms with Crippen LogP contribution < -0.4 is 0 Å². The minimum absolute atomic E-state index is 0.199. The normalized spacial score (nSPS) is 11.5. The molecule has 0 spiro atoms. The molecule has 3 rings (SSSR count). The Kier molecular flexibility index (Phi) is 4.09. The van der Waals surface area contributed by atoms with Gasteiger partial charge in [-0.05, 0) is 45.7 Å². The molecule has 0 aliphatic heterocycles. The van der Waals surface area contributed by atoms with E-state index in [9.17, 15) is 0 Å². The third-order valence-electron chi connectivity index (χ3n) is 4.40. The summed E-state index contributed by atoms with van der Waals surface area (Å²) in [5.41, 5.74) is 8.03. The van der Waals surface area contributed by atoms with Crippen molar-refractivity contribution in [3.05, 3.63) is 83.9 Å². The number of hydrogen-bond acceptors (Lipinski definition) is 0. The summed E-state index contributed by atoms with van der Waals surface area (Å²) in [5, 5.41) is 0. The molecule has 3 aromatic carbocycles. The molecule has 0 unspecified atom stereocenters. The quantitative estimate of drug-likeness (QED) is 0.498. The highest BCUT2D eigenvalue weighted by Crippen LogP contribution is 2.30. The minimum atomic E-state index is 0.199. The highest BCUT2D eigenvalue weighted by molar-refractivity contribution is 5.73. The van der Waals surface area contributed by atoms with Gasteiger partial charge >= 0.3 is 0 Å². The number of hydrogen-bond donors (Lipinski definition) is 0. The molecule has 0 heteroatoms. The molecule has 0 saturated heterocycles. The van der Waals surface area contributed by atoms with E-state index >= 15 is 0 Å². The molecule has 0 N–H and O–H groups in total. The van der Waals surface area contributed by atoms with Crippen molar-refractivity contribution in [3.63, 3.8) is 0 Å². The molecule has 0 aromatic heterocycles. The Bertz CT molecular complexity index is 788. The summed E-state index contributed by atoms with van der Waals surface area (Å²) in [7, 11) is 0. The van der Waals surface area contributed by atoms with Gasteiger partial charge in [0.15, 0.2) is 0 Å². The number of aryl methyl sites for hydroxylation is 1. The van der Waals surface area contributed by atoms with Gasteiger partial charge in [-0.25, -0.2) is 0 Å². The van der Waals surface area contributed by atoms with E-state index in [1.807, 2.05) is 0 Å². The highest BCUT2D eigenvalue weighted by Gasteiger charge is 2.13. The van der Waals surface area contributed by atoms with Crippen LogP contribution >= 0.6 is 0 Å². The van der Waals surface area contributed by atoms with Crippen molar-refractivity contribution in [2.24, 2.45) is 0 Å². The van der Waals surface area contributed by atoms with Crippen LogP contribution in [0.25, 0.3) is 22.3 Å². The maximum atomic E-state index is 2.28. The minimum Gasteiger partial charge on any atom is -0.0622 e. The van der Waals surface area contributed by atoms with Crippen molar-refractivity contribution in [2.45, 2.75) is 33.1 Å². The van der Waals surface area contributed by atoms with E-state index < -0.39 is 0 Å². The molecule has 116 valence electrons. The van der Waals surface area contributed by atoms with Crippen LogP contribution in [0.4, 0.5) is 0 Å². The summed E-state index contributed by atoms with van der Waals surface area (Å²) in [4.78, 5) is 0. The Hall–Kier alpha value is -2.34. The maximum Gasteiger partial charge on any atom is -0.0132 e. The lowest BCUT2D eigenvalue weighted by atomic mass is 9.86. The van der Waals surface area contributed by atoms with Crippen LogP contribution in [0.5, 0.6) is 0 Å². The van der Waals surface area contributed by atoms with Crippen molar-refractivity contribution < 1.29 is 0 Å². The van der Waals surface area contributed by atoms with E-state index in [-0.39, 0.29) is 5.41 Å². The molecule has 0 amide bonds. The molecule has 23 heavy (non-hydrogen) atoms. The third-order valence-corrected chi connectivity index (χ3v) is 4.40. The molecule has 3 aromatic rings. The fourth-order valence-electron chi connectivity index (χ4n) is 2.95. The second kappa shape index (κ2) is 6.04. The maximum absolute atomic E-state index is 2.28. The zero-order valence-corrected chi connectivity index (χ0v) is 14.4. The molecule has 0 nitrogen and oxygen atoms in total. The van der Waals surface area contributed by atoms with E-state index in [0.717, 1.165) is 0 Å². The predicted molar refractivity (Wildman–Crippen MR) is 101 cm³/mol. The molecule has 0 aliphatic rings. The van der Waals surface area contributed by atoms with Gasteiger partial charge in [0.1, 0.15) is 0 Å². The summed E-state index contributed by atoms with van der Waals surface area (Å²) < 4.78 is 0. The monoisotopic (exact) mass is 300 g/mol.